The highest BCUT2D eigenvalue weighted by Gasteiger charge is 2.38. The molecule has 0 spiro atoms. The predicted molar refractivity (Wildman–Crippen MR) is 209 cm³/mol. The molecule has 0 unspecified atom stereocenters. The smallest absolute Gasteiger partial charge is 0.425 e. The average molecular weight is 735 g/mol. The molecule has 12 heteroatoms. The van der Waals surface area contributed by atoms with E-state index in [1.165, 1.54) is 19.2 Å². The van der Waals surface area contributed by atoms with Gasteiger partial charge in [-0.15, -0.1) is 0 Å². The van der Waals surface area contributed by atoms with E-state index < -0.39 is 18.2 Å². The van der Waals surface area contributed by atoms with Crippen LogP contribution in [0.1, 0.15) is 83.8 Å². The quantitative estimate of drug-likeness (QED) is 0.250. The Morgan fingerprint density at radius 2 is 1.37 bits per heavy atom. The minimum Gasteiger partial charge on any atom is -0.453 e. The van der Waals surface area contributed by atoms with E-state index in [4.69, 9.17) is 19.5 Å². The van der Waals surface area contributed by atoms with Crippen molar-refractivity contribution in [2.24, 2.45) is 15.9 Å². The van der Waals surface area contributed by atoms with Crippen molar-refractivity contribution >= 4 is 46.6 Å². The predicted octanol–water partition coefficient (Wildman–Crippen LogP) is 7.08. The van der Waals surface area contributed by atoms with Crippen LogP contribution in [0.5, 0.6) is 0 Å². The molecule has 1 aliphatic carbocycles. The number of hydrazine groups is 1. The summed E-state index contributed by atoms with van der Waals surface area (Å²) in [6.45, 7) is 8.16. The van der Waals surface area contributed by atoms with Crippen LogP contribution in [0.3, 0.4) is 0 Å². The van der Waals surface area contributed by atoms with E-state index in [1.807, 2.05) is 45.0 Å². The van der Waals surface area contributed by atoms with Gasteiger partial charge in [0.05, 0.1) is 20.3 Å². The maximum atomic E-state index is 13.5. The molecule has 284 valence electrons. The third-order valence-electron chi connectivity index (χ3n) is 10.6. The standard InChI is InChI=1S/C42H50N6O6/c1-25(2)38(45-41(51)53-5)40(50)47-20-8-11-37(47)36-22-32(24-44-36)30-18-14-28(15-19-30)27-12-16-29(17-13-27)31-21-35(43-23-31)33-9-7-10-34(33)39(49)48(26(3)4)46-42(52)54-6/h12-19,23-26,37-38H,7-11,20-22H2,1-6H3,(H,45,51)(H,46,52)/t37-,38-/m0/s1. The van der Waals surface area contributed by atoms with Crippen molar-refractivity contribution in [1.82, 2.24) is 20.7 Å². The monoisotopic (exact) mass is 734 g/mol. The molecule has 0 saturated carbocycles. The molecule has 6 rings (SSSR count). The number of rotatable bonds is 10. The number of allylic oxidation sites excluding steroid dienone is 3. The van der Waals surface area contributed by atoms with Crippen LogP contribution in [0.2, 0.25) is 0 Å². The first-order chi connectivity index (χ1) is 26.0. The van der Waals surface area contributed by atoms with Crippen LogP contribution in [0.15, 0.2) is 82.1 Å². The maximum absolute atomic E-state index is 13.5. The first-order valence-electron chi connectivity index (χ1n) is 18.8. The van der Waals surface area contributed by atoms with Crippen molar-refractivity contribution in [2.45, 2.75) is 90.8 Å². The van der Waals surface area contributed by atoms with E-state index >= 15 is 0 Å². The van der Waals surface area contributed by atoms with E-state index in [0.29, 0.717) is 31.4 Å². The van der Waals surface area contributed by atoms with Crippen molar-refractivity contribution in [3.63, 3.8) is 0 Å². The van der Waals surface area contributed by atoms with Crippen LogP contribution in [-0.4, -0.2) is 84.2 Å². The second kappa shape index (κ2) is 16.7. The SMILES string of the molecule is COC(=O)N[C@H](C(=O)N1CCC[C@H]1C1=NC=C(c2ccc(-c3ccc(C4=CN=C(C5=C(C(=O)N(NC(=O)OC)C(C)C)CCC5)C4)cc3)cc2)C1)C(C)C. The molecular weight excluding hydrogens is 684 g/mol. The molecule has 3 aliphatic heterocycles. The highest BCUT2D eigenvalue weighted by molar-refractivity contribution is 6.14. The zero-order chi connectivity index (χ0) is 38.5. The molecular formula is C42H50N6O6. The van der Waals surface area contributed by atoms with Crippen LogP contribution in [0.4, 0.5) is 9.59 Å². The zero-order valence-electron chi connectivity index (χ0n) is 32.0. The fourth-order valence-corrected chi connectivity index (χ4v) is 7.63. The molecule has 1 fully saturated rings. The van der Waals surface area contributed by atoms with Crippen molar-refractivity contribution in [3.05, 3.63) is 83.2 Å². The lowest BCUT2D eigenvalue weighted by molar-refractivity contribution is -0.134. The van der Waals surface area contributed by atoms with E-state index in [9.17, 15) is 19.2 Å². The van der Waals surface area contributed by atoms with Gasteiger partial charge in [0, 0.05) is 54.8 Å². The van der Waals surface area contributed by atoms with Crippen LogP contribution in [-0.2, 0) is 19.1 Å². The summed E-state index contributed by atoms with van der Waals surface area (Å²) in [5.74, 6) is -0.398. The largest absolute Gasteiger partial charge is 0.453 e. The number of hydrogen-bond acceptors (Lipinski definition) is 8. The lowest BCUT2D eigenvalue weighted by atomic mass is 9.94. The van der Waals surface area contributed by atoms with E-state index in [0.717, 1.165) is 76.1 Å². The first-order valence-corrected chi connectivity index (χ1v) is 18.8. The second-order valence-electron chi connectivity index (χ2n) is 14.7. The molecule has 2 atom stereocenters. The molecule has 2 aromatic rings. The number of carbonyl (C=O) groups is 4. The summed E-state index contributed by atoms with van der Waals surface area (Å²) in [5.41, 5.74) is 12.7. The molecule has 0 radical (unpaired) electrons. The third-order valence-corrected chi connectivity index (χ3v) is 10.6. The molecule has 3 heterocycles. The number of ether oxygens (including phenoxy) is 2. The summed E-state index contributed by atoms with van der Waals surface area (Å²) < 4.78 is 9.49. The topological polar surface area (TPSA) is 142 Å². The average Bonchev–Trinajstić information content (AvgIpc) is 4.02. The number of hydrogen-bond donors (Lipinski definition) is 2. The van der Waals surface area contributed by atoms with Gasteiger partial charge in [-0.2, -0.15) is 0 Å². The van der Waals surface area contributed by atoms with Gasteiger partial charge in [0.1, 0.15) is 6.04 Å². The van der Waals surface area contributed by atoms with Crippen LogP contribution < -0.4 is 10.7 Å². The number of alkyl carbamates (subject to hydrolysis) is 1. The number of likely N-dealkylation sites (tertiary alicyclic amines) is 1. The molecule has 2 aromatic carbocycles. The van der Waals surface area contributed by atoms with E-state index in [1.54, 1.807) is 0 Å². The van der Waals surface area contributed by atoms with Crippen molar-refractivity contribution < 1.29 is 28.7 Å². The third kappa shape index (κ3) is 8.17. The van der Waals surface area contributed by atoms with Gasteiger partial charge in [0.25, 0.3) is 5.91 Å². The van der Waals surface area contributed by atoms with Gasteiger partial charge < -0.3 is 19.7 Å². The van der Waals surface area contributed by atoms with Gasteiger partial charge in [0.15, 0.2) is 0 Å². The Morgan fingerprint density at radius 1 is 0.778 bits per heavy atom. The summed E-state index contributed by atoms with van der Waals surface area (Å²) in [5, 5.41) is 4.05. The Morgan fingerprint density at radius 3 is 1.96 bits per heavy atom. The highest BCUT2D eigenvalue weighted by Crippen LogP contribution is 2.36. The molecule has 54 heavy (non-hydrogen) atoms. The molecule has 4 aliphatic rings. The van der Waals surface area contributed by atoms with Crippen molar-refractivity contribution in [2.75, 3.05) is 20.8 Å². The minimum atomic E-state index is -0.677. The fourth-order valence-electron chi connectivity index (χ4n) is 7.63. The number of methoxy groups -OCH3 is 2. The number of nitrogens with zero attached hydrogens (tertiary/aromatic N) is 4. The van der Waals surface area contributed by atoms with Gasteiger partial charge in [-0.25, -0.2) is 20.0 Å². The van der Waals surface area contributed by atoms with E-state index in [2.05, 4.69) is 59.3 Å². The molecule has 4 amide bonds. The summed E-state index contributed by atoms with van der Waals surface area (Å²) in [6.07, 6.45) is 7.86. The Balaban J connectivity index is 1.06. The van der Waals surface area contributed by atoms with Gasteiger partial charge in [-0.05, 0) is 90.8 Å². The Labute approximate surface area is 317 Å². The maximum Gasteiger partial charge on any atom is 0.425 e. The van der Waals surface area contributed by atoms with Crippen LogP contribution >= 0.6 is 0 Å². The minimum absolute atomic E-state index is 0.0820. The second-order valence-corrected chi connectivity index (χ2v) is 14.7. The van der Waals surface area contributed by atoms with Crippen molar-refractivity contribution in [1.29, 1.82) is 0 Å². The summed E-state index contributed by atoms with van der Waals surface area (Å²) in [7, 11) is 2.57. The number of amides is 4. The Bertz CT molecular complexity index is 1940. The molecule has 0 bridgehead atoms. The van der Waals surface area contributed by atoms with Gasteiger partial charge in [0.2, 0.25) is 5.91 Å². The van der Waals surface area contributed by atoms with Gasteiger partial charge >= 0.3 is 12.2 Å². The number of nitrogens with one attached hydrogen (secondary N) is 2. The normalized spacial score (nSPS) is 18.7. The lowest BCUT2D eigenvalue weighted by Gasteiger charge is -2.31. The Kier molecular flexibility index (Phi) is 11.8. The summed E-state index contributed by atoms with van der Waals surface area (Å²) in [4.78, 5) is 62.3. The Hall–Kier alpha value is -5.52. The molecule has 1 saturated heterocycles. The molecule has 0 aromatic heterocycles. The lowest BCUT2D eigenvalue weighted by Crippen LogP contribution is -2.53. The highest BCUT2D eigenvalue weighted by atomic mass is 16.5. The number of carbonyl (C=O) groups excluding carboxylic acids is 4. The van der Waals surface area contributed by atoms with E-state index in [-0.39, 0.29) is 29.8 Å². The van der Waals surface area contributed by atoms with Crippen LogP contribution in [0, 0.1) is 5.92 Å². The summed E-state index contributed by atoms with van der Waals surface area (Å²) in [6, 6.07) is 16.0. The van der Waals surface area contributed by atoms with Gasteiger partial charge in [-0.1, -0.05) is 62.4 Å². The summed E-state index contributed by atoms with van der Waals surface area (Å²) >= 11 is 0. The fraction of sp³-hybridized carbons (Fsp3) is 0.429. The number of benzene rings is 2. The first kappa shape index (κ1) is 38.2. The molecule has 2 N–H and O–H groups in total. The number of aliphatic imine (C=N–C) groups is 2. The molecule has 12 nitrogen and oxygen atoms in total. The van der Waals surface area contributed by atoms with Crippen molar-refractivity contribution in [3.8, 4) is 11.1 Å². The van der Waals surface area contributed by atoms with Gasteiger partial charge in [-0.3, -0.25) is 19.6 Å². The van der Waals surface area contributed by atoms with Crippen LogP contribution in [0.25, 0.3) is 22.3 Å². The zero-order valence-corrected chi connectivity index (χ0v) is 32.0.